The van der Waals surface area contributed by atoms with Crippen molar-refractivity contribution in [2.45, 2.75) is 6.54 Å². The van der Waals surface area contributed by atoms with E-state index >= 15 is 0 Å². The predicted octanol–water partition coefficient (Wildman–Crippen LogP) is 2.04. The van der Waals surface area contributed by atoms with Crippen molar-refractivity contribution >= 4 is 16.6 Å². The summed E-state index contributed by atoms with van der Waals surface area (Å²) < 4.78 is 0. The number of hydrazine groups is 1. The summed E-state index contributed by atoms with van der Waals surface area (Å²) in [5.74, 6) is 0.595. The highest BCUT2D eigenvalue weighted by Gasteiger charge is 2.02. The quantitative estimate of drug-likeness (QED) is 0.632. The molecule has 0 spiro atoms. The van der Waals surface area contributed by atoms with Crippen LogP contribution in [0.3, 0.4) is 0 Å². The van der Waals surface area contributed by atoms with E-state index in [1.807, 2.05) is 48.5 Å². The van der Waals surface area contributed by atoms with Crippen LogP contribution in [0.1, 0.15) is 5.82 Å². The standard InChI is InChI=1S/C15H14N4O/c20-15-12-8-4-5-9-13(12)17-14(18-15)10-16-19-11-6-2-1-3-7-11/h1-9,16,19H,10H2,(H,17,18,20). The third kappa shape index (κ3) is 2.67. The molecule has 0 saturated carbocycles. The molecule has 0 aliphatic heterocycles. The molecule has 1 heterocycles. The average molecular weight is 266 g/mol. The molecule has 5 nitrogen and oxygen atoms in total. The molecule has 5 heteroatoms. The van der Waals surface area contributed by atoms with E-state index in [4.69, 9.17) is 0 Å². The number of nitrogens with one attached hydrogen (secondary N) is 3. The van der Waals surface area contributed by atoms with E-state index < -0.39 is 0 Å². The van der Waals surface area contributed by atoms with Gasteiger partial charge in [-0.05, 0) is 24.3 Å². The van der Waals surface area contributed by atoms with Crippen molar-refractivity contribution in [2.24, 2.45) is 0 Å². The highest BCUT2D eigenvalue weighted by atomic mass is 16.1. The van der Waals surface area contributed by atoms with E-state index in [1.165, 1.54) is 0 Å². The molecule has 0 radical (unpaired) electrons. The SMILES string of the molecule is O=c1[nH]c(CNNc2ccccc2)nc2ccccc12. The van der Waals surface area contributed by atoms with E-state index in [0.29, 0.717) is 23.3 Å². The number of hydrogen-bond donors (Lipinski definition) is 3. The van der Waals surface area contributed by atoms with Crippen LogP contribution in [0, 0.1) is 0 Å². The lowest BCUT2D eigenvalue weighted by atomic mass is 10.2. The number of hydrogen-bond acceptors (Lipinski definition) is 4. The van der Waals surface area contributed by atoms with Gasteiger partial charge in [-0.3, -0.25) is 4.79 Å². The van der Waals surface area contributed by atoms with Crippen LogP contribution in [-0.4, -0.2) is 9.97 Å². The van der Waals surface area contributed by atoms with Gasteiger partial charge in [0.1, 0.15) is 5.82 Å². The van der Waals surface area contributed by atoms with Crippen LogP contribution in [0.15, 0.2) is 59.4 Å². The van der Waals surface area contributed by atoms with E-state index in [1.54, 1.807) is 6.07 Å². The molecule has 0 amide bonds. The molecule has 0 aliphatic carbocycles. The van der Waals surface area contributed by atoms with Gasteiger partial charge in [-0.15, -0.1) is 0 Å². The molecular formula is C15H14N4O. The van der Waals surface area contributed by atoms with Crippen molar-refractivity contribution < 1.29 is 0 Å². The molecule has 20 heavy (non-hydrogen) atoms. The minimum atomic E-state index is -0.118. The Balaban J connectivity index is 1.73. The number of aromatic nitrogens is 2. The predicted molar refractivity (Wildman–Crippen MR) is 79.3 cm³/mol. The summed E-state index contributed by atoms with van der Waals surface area (Å²) in [6, 6.07) is 17.0. The molecule has 1 aromatic heterocycles. The zero-order chi connectivity index (χ0) is 13.8. The van der Waals surface area contributed by atoms with Crippen LogP contribution in [0.5, 0.6) is 0 Å². The Kier molecular flexibility index (Phi) is 3.43. The minimum absolute atomic E-state index is 0.118. The molecule has 0 saturated heterocycles. The van der Waals surface area contributed by atoms with Crippen LogP contribution in [-0.2, 0) is 6.54 Å². The smallest absolute Gasteiger partial charge is 0.258 e. The maximum absolute atomic E-state index is 11.9. The molecule has 0 bridgehead atoms. The number of aromatic amines is 1. The summed E-state index contributed by atoms with van der Waals surface area (Å²) >= 11 is 0. The summed E-state index contributed by atoms with van der Waals surface area (Å²) in [4.78, 5) is 19.1. The number of nitrogens with zero attached hydrogens (tertiary/aromatic N) is 1. The first-order valence-electron chi connectivity index (χ1n) is 6.35. The van der Waals surface area contributed by atoms with Gasteiger partial charge in [-0.1, -0.05) is 30.3 Å². The maximum Gasteiger partial charge on any atom is 0.258 e. The van der Waals surface area contributed by atoms with Crippen LogP contribution in [0.2, 0.25) is 0 Å². The average Bonchev–Trinajstić information content (AvgIpc) is 2.48. The molecule has 3 N–H and O–H groups in total. The summed E-state index contributed by atoms with van der Waals surface area (Å²) in [5.41, 5.74) is 7.61. The lowest BCUT2D eigenvalue weighted by molar-refractivity contribution is 0.748. The van der Waals surface area contributed by atoms with Crippen LogP contribution >= 0.6 is 0 Å². The first kappa shape index (κ1) is 12.4. The molecule has 3 aromatic rings. The van der Waals surface area contributed by atoms with Crippen LogP contribution in [0.4, 0.5) is 5.69 Å². The molecule has 2 aromatic carbocycles. The lowest BCUT2D eigenvalue weighted by Gasteiger charge is -2.08. The van der Waals surface area contributed by atoms with E-state index in [-0.39, 0.29) is 5.56 Å². The van der Waals surface area contributed by atoms with Gasteiger partial charge >= 0.3 is 0 Å². The maximum atomic E-state index is 11.9. The molecular weight excluding hydrogens is 252 g/mol. The third-order valence-electron chi connectivity index (χ3n) is 2.92. The zero-order valence-corrected chi connectivity index (χ0v) is 10.8. The Morgan fingerprint density at radius 2 is 1.75 bits per heavy atom. The van der Waals surface area contributed by atoms with Gasteiger partial charge in [0.05, 0.1) is 17.4 Å². The zero-order valence-electron chi connectivity index (χ0n) is 10.8. The summed E-state index contributed by atoms with van der Waals surface area (Å²) in [7, 11) is 0. The van der Waals surface area contributed by atoms with Gasteiger partial charge in [-0.2, -0.15) is 0 Å². The molecule has 0 unspecified atom stereocenters. The van der Waals surface area contributed by atoms with Gasteiger partial charge in [0, 0.05) is 5.69 Å². The van der Waals surface area contributed by atoms with Gasteiger partial charge in [0.2, 0.25) is 0 Å². The number of para-hydroxylation sites is 2. The number of fused-ring (bicyclic) bond motifs is 1. The van der Waals surface area contributed by atoms with Crippen LogP contribution in [0.25, 0.3) is 10.9 Å². The summed E-state index contributed by atoms with van der Waals surface area (Å²) in [6.45, 7) is 0.426. The van der Waals surface area contributed by atoms with Crippen LogP contribution < -0.4 is 16.4 Å². The lowest BCUT2D eigenvalue weighted by Crippen LogP contribution is -2.24. The Hall–Kier alpha value is -2.66. The Morgan fingerprint density at radius 3 is 2.60 bits per heavy atom. The Bertz CT molecular complexity index is 767. The largest absolute Gasteiger partial charge is 0.321 e. The third-order valence-corrected chi connectivity index (χ3v) is 2.92. The fraction of sp³-hybridized carbons (Fsp3) is 0.0667. The number of H-pyrrole nitrogens is 1. The summed E-state index contributed by atoms with van der Waals surface area (Å²) in [5, 5.41) is 0.604. The first-order valence-corrected chi connectivity index (χ1v) is 6.35. The fourth-order valence-corrected chi connectivity index (χ4v) is 1.97. The van der Waals surface area contributed by atoms with E-state index in [9.17, 15) is 4.79 Å². The van der Waals surface area contributed by atoms with Gasteiger partial charge in [0.15, 0.2) is 0 Å². The van der Waals surface area contributed by atoms with Crippen molar-refractivity contribution in [2.75, 3.05) is 5.43 Å². The Morgan fingerprint density at radius 1 is 1.00 bits per heavy atom. The topological polar surface area (TPSA) is 69.8 Å². The molecule has 100 valence electrons. The second-order valence-corrected chi connectivity index (χ2v) is 4.37. The second-order valence-electron chi connectivity index (χ2n) is 4.37. The van der Waals surface area contributed by atoms with Crippen molar-refractivity contribution in [3.05, 3.63) is 70.8 Å². The normalized spacial score (nSPS) is 10.6. The van der Waals surface area contributed by atoms with Crippen molar-refractivity contribution in [1.29, 1.82) is 0 Å². The first-order chi connectivity index (χ1) is 9.83. The van der Waals surface area contributed by atoms with Crippen molar-refractivity contribution in [1.82, 2.24) is 15.4 Å². The molecule has 0 aliphatic rings. The minimum Gasteiger partial charge on any atom is -0.321 e. The van der Waals surface area contributed by atoms with Crippen molar-refractivity contribution in [3.8, 4) is 0 Å². The molecule has 3 rings (SSSR count). The molecule has 0 fully saturated rings. The highest BCUT2D eigenvalue weighted by Crippen LogP contribution is 2.06. The monoisotopic (exact) mass is 266 g/mol. The fourth-order valence-electron chi connectivity index (χ4n) is 1.97. The van der Waals surface area contributed by atoms with E-state index in [0.717, 1.165) is 5.69 Å². The Labute approximate surface area is 115 Å². The van der Waals surface area contributed by atoms with Crippen molar-refractivity contribution in [3.63, 3.8) is 0 Å². The van der Waals surface area contributed by atoms with Gasteiger partial charge in [0.25, 0.3) is 5.56 Å². The summed E-state index contributed by atoms with van der Waals surface area (Å²) in [6.07, 6.45) is 0. The number of anilines is 1. The van der Waals surface area contributed by atoms with Gasteiger partial charge < -0.3 is 10.4 Å². The van der Waals surface area contributed by atoms with E-state index in [2.05, 4.69) is 20.8 Å². The second kappa shape index (κ2) is 5.54. The van der Waals surface area contributed by atoms with Gasteiger partial charge in [-0.25, -0.2) is 10.4 Å². The number of benzene rings is 2. The highest BCUT2D eigenvalue weighted by molar-refractivity contribution is 5.77. The molecule has 0 atom stereocenters. The number of rotatable bonds is 4.